The summed E-state index contributed by atoms with van der Waals surface area (Å²) in [6.07, 6.45) is 1.86. The maximum absolute atomic E-state index is 12.3. The largest absolute Gasteiger partial charge is 0.465 e. The maximum atomic E-state index is 12.3. The number of imidazole rings is 1. The number of esters is 1. The van der Waals surface area contributed by atoms with Crippen LogP contribution in [0.3, 0.4) is 0 Å². The number of methoxy groups -OCH3 is 1. The third kappa shape index (κ3) is 3.08. The third-order valence-corrected chi connectivity index (χ3v) is 5.90. The van der Waals surface area contributed by atoms with Gasteiger partial charge in [-0.3, -0.25) is 0 Å². The molecular weight excluding hydrogens is 396 g/mol. The van der Waals surface area contributed by atoms with Gasteiger partial charge in [-0.25, -0.2) is 9.78 Å². The summed E-state index contributed by atoms with van der Waals surface area (Å²) in [5.74, 6) is -0.371. The summed E-state index contributed by atoms with van der Waals surface area (Å²) < 4.78 is 7.13. The summed E-state index contributed by atoms with van der Waals surface area (Å²) in [6, 6.07) is 36.6. The number of carbonyl (C=O) groups excluding carboxylic acids is 1. The first-order chi connectivity index (χ1) is 15.7. The summed E-state index contributed by atoms with van der Waals surface area (Å²) in [7, 11) is 1.39. The molecule has 4 nitrogen and oxygen atoms in total. The first-order valence-corrected chi connectivity index (χ1v) is 10.5. The zero-order valence-corrected chi connectivity index (χ0v) is 17.7. The molecule has 5 rings (SSSR count). The van der Waals surface area contributed by atoms with Crippen LogP contribution in [0.15, 0.2) is 116 Å². The Kier molecular flexibility index (Phi) is 5.04. The van der Waals surface area contributed by atoms with Crippen molar-refractivity contribution < 1.29 is 9.53 Å². The van der Waals surface area contributed by atoms with Gasteiger partial charge in [-0.15, -0.1) is 0 Å². The average molecular weight is 418 g/mol. The number of aromatic nitrogens is 2. The lowest BCUT2D eigenvalue weighted by Gasteiger charge is -2.38. The van der Waals surface area contributed by atoms with E-state index in [0.29, 0.717) is 5.56 Å². The quantitative estimate of drug-likeness (QED) is 0.273. The molecule has 0 aliphatic carbocycles. The van der Waals surface area contributed by atoms with Crippen molar-refractivity contribution in [3.63, 3.8) is 0 Å². The second-order valence-electron chi connectivity index (χ2n) is 7.62. The fraction of sp³-hybridized carbons (Fsp3) is 0.0714. The average Bonchev–Trinajstić information content (AvgIpc) is 3.30. The normalized spacial score (nSPS) is 11.4. The van der Waals surface area contributed by atoms with E-state index in [9.17, 15) is 4.79 Å². The third-order valence-electron chi connectivity index (χ3n) is 5.90. The van der Waals surface area contributed by atoms with Gasteiger partial charge in [0.05, 0.1) is 30.0 Å². The number of hydrogen-bond acceptors (Lipinski definition) is 3. The van der Waals surface area contributed by atoms with Crippen LogP contribution in [-0.4, -0.2) is 22.6 Å². The lowest BCUT2D eigenvalue weighted by Crippen LogP contribution is -2.37. The van der Waals surface area contributed by atoms with Gasteiger partial charge in [0.2, 0.25) is 0 Å². The SMILES string of the molecule is COC(=O)c1ccc2ncn(C(c3ccccc3)(c3ccccc3)c3ccccc3)c2c1. The first-order valence-electron chi connectivity index (χ1n) is 10.5. The lowest BCUT2D eigenvalue weighted by atomic mass is 9.76. The van der Waals surface area contributed by atoms with Gasteiger partial charge in [0.15, 0.2) is 0 Å². The first kappa shape index (κ1) is 19.8. The molecule has 156 valence electrons. The van der Waals surface area contributed by atoms with Gasteiger partial charge in [-0.1, -0.05) is 91.0 Å². The summed E-state index contributed by atoms with van der Waals surface area (Å²) in [6.45, 7) is 0. The standard InChI is InChI=1S/C28H22N2O2/c1-32-27(31)21-17-18-25-26(19-21)30(20-29-25)28(22-11-5-2-6-12-22,23-13-7-3-8-14-23)24-15-9-4-10-16-24/h2-20H,1H3. The molecule has 32 heavy (non-hydrogen) atoms. The van der Waals surface area contributed by atoms with Gasteiger partial charge >= 0.3 is 5.97 Å². The smallest absolute Gasteiger partial charge is 0.337 e. The van der Waals surface area contributed by atoms with Crippen molar-refractivity contribution in [2.24, 2.45) is 0 Å². The molecule has 0 aliphatic rings. The van der Waals surface area contributed by atoms with E-state index in [2.05, 4.69) is 77.4 Å². The second kappa shape index (κ2) is 8.16. The Hall–Kier alpha value is -4.18. The van der Waals surface area contributed by atoms with E-state index in [0.717, 1.165) is 27.7 Å². The van der Waals surface area contributed by atoms with E-state index in [1.807, 2.05) is 36.7 Å². The Morgan fingerprint density at radius 2 is 1.25 bits per heavy atom. The van der Waals surface area contributed by atoms with Crippen molar-refractivity contribution in [3.05, 3.63) is 138 Å². The van der Waals surface area contributed by atoms with Crippen molar-refractivity contribution in [3.8, 4) is 0 Å². The number of fused-ring (bicyclic) bond motifs is 1. The van der Waals surface area contributed by atoms with E-state index >= 15 is 0 Å². The number of hydrogen-bond donors (Lipinski definition) is 0. The topological polar surface area (TPSA) is 44.1 Å². The zero-order valence-electron chi connectivity index (χ0n) is 17.7. The molecule has 0 atom stereocenters. The molecule has 0 saturated carbocycles. The molecule has 0 unspecified atom stereocenters. The predicted molar refractivity (Wildman–Crippen MR) is 126 cm³/mol. The highest BCUT2D eigenvalue weighted by Gasteiger charge is 2.39. The van der Waals surface area contributed by atoms with E-state index in [4.69, 9.17) is 9.72 Å². The highest BCUT2D eigenvalue weighted by atomic mass is 16.5. The summed E-state index contributed by atoms with van der Waals surface area (Å²) in [4.78, 5) is 17.0. The van der Waals surface area contributed by atoms with E-state index < -0.39 is 5.54 Å². The van der Waals surface area contributed by atoms with Gasteiger partial charge in [0.25, 0.3) is 0 Å². The Bertz CT molecular complexity index is 1260. The Labute approximate surface area is 186 Å². The predicted octanol–water partition coefficient (Wildman–Crippen LogP) is 5.66. The fourth-order valence-corrected chi connectivity index (χ4v) is 4.48. The number of nitrogens with zero attached hydrogens (tertiary/aromatic N) is 2. The van der Waals surface area contributed by atoms with Crippen molar-refractivity contribution in [2.75, 3.05) is 7.11 Å². The van der Waals surface area contributed by atoms with Crippen LogP contribution < -0.4 is 0 Å². The number of rotatable bonds is 5. The molecule has 4 heteroatoms. The molecule has 1 heterocycles. The van der Waals surface area contributed by atoms with Crippen LogP contribution in [-0.2, 0) is 10.3 Å². The molecule has 0 saturated heterocycles. The fourth-order valence-electron chi connectivity index (χ4n) is 4.48. The minimum atomic E-state index is -0.687. The summed E-state index contributed by atoms with van der Waals surface area (Å²) in [5, 5.41) is 0. The Balaban J connectivity index is 1.92. The molecule has 0 radical (unpaired) electrons. The minimum absolute atomic E-state index is 0.371. The van der Waals surface area contributed by atoms with Crippen molar-refractivity contribution >= 4 is 17.0 Å². The molecule has 0 spiro atoms. The molecular formula is C28H22N2O2. The lowest BCUT2D eigenvalue weighted by molar-refractivity contribution is 0.0601. The van der Waals surface area contributed by atoms with Crippen LogP contribution in [0.1, 0.15) is 27.0 Å². The zero-order chi connectivity index (χ0) is 22.0. The summed E-state index contributed by atoms with van der Waals surface area (Å²) >= 11 is 0. The van der Waals surface area contributed by atoms with Crippen LogP contribution in [0.5, 0.6) is 0 Å². The van der Waals surface area contributed by atoms with E-state index in [1.165, 1.54) is 7.11 Å². The van der Waals surface area contributed by atoms with Gasteiger partial charge in [-0.2, -0.15) is 0 Å². The molecule has 1 aromatic heterocycles. The molecule has 4 aromatic carbocycles. The van der Waals surface area contributed by atoms with E-state index in [1.54, 1.807) is 6.07 Å². The van der Waals surface area contributed by atoms with Crippen LogP contribution in [0.2, 0.25) is 0 Å². The summed E-state index contributed by atoms with van der Waals surface area (Å²) in [5.41, 5.74) is 4.76. The van der Waals surface area contributed by atoms with E-state index in [-0.39, 0.29) is 5.97 Å². The van der Waals surface area contributed by atoms with Crippen LogP contribution in [0, 0.1) is 0 Å². The Morgan fingerprint density at radius 3 is 1.72 bits per heavy atom. The monoisotopic (exact) mass is 418 g/mol. The van der Waals surface area contributed by atoms with Gasteiger partial charge in [0.1, 0.15) is 5.54 Å². The van der Waals surface area contributed by atoms with Crippen LogP contribution in [0.4, 0.5) is 0 Å². The van der Waals surface area contributed by atoms with Gasteiger partial charge < -0.3 is 9.30 Å². The molecule has 0 N–H and O–H groups in total. The van der Waals surface area contributed by atoms with Crippen molar-refractivity contribution in [2.45, 2.75) is 5.54 Å². The highest BCUT2D eigenvalue weighted by Crippen LogP contribution is 2.42. The Morgan fingerprint density at radius 1 is 0.750 bits per heavy atom. The van der Waals surface area contributed by atoms with Crippen LogP contribution >= 0.6 is 0 Å². The molecule has 0 aliphatic heterocycles. The van der Waals surface area contributed by atoms with Crippen LogP contribution in [0.25, 0.3) is 11.0 Å². The number of ether oxygens (including phenoxy) is 1. The number of carbonyl (C=O) groups is 1. The maximum Gasteiger partial charge on any atom is 0.337 e. The molecule has 0 fully saturated rings. The molecule has 0 bridgehead atoms. The van der Waals surface area contributed by atoms with Gasteiger partial charge in [0, 0.05) is 0 Å². The molecule has 0 amide bonds. The van der Waals surface area contributed by atoms with Gasteiger partial charge in [-0.05, 0) is 34.9 Å². The second-order valence-corrected chi connectivity index (χ2v) is 7.62. The minimum Gasteiger partial charge on any atom is -0.465 e. The number of benzene rings is 4. The van der Waals surface area contributed by atoms with Crippen molar-refractivity contribution in [1.82, 2.24) is 9.55 Å². The highest BCUT2D eigenvalue weighted by molar-refractivity contribution is 5.93. The molecule has 5 aromatic rings. The van der Waals surface area contributed by atoms with Crippen molar-refractivity contribution in [1.29, 1.82) is 0 Å².